The molecule has 0 bridgehead atoms. The predicted octanol–water partition coefficient (Wildman–Crippen LogP) is 3.26. The van der Waals surface area contributed by atoms with Crippen molar-refractivity contribution in [3.8, 4) is 0 Å². The fourth-order valence-corrected chi connectivity index (χ4v) is 2.33. The van der Waals surface area contributed by atoms with Gasteiger partial charge < -0.3 is 5.32 Å². The Balaban J connectivity index is 1.80. The van der Waals surface area contributed by atoms with Crippen molar-refractivity contribution in [2.24, 2.45) is 5.92 Å². The smallest absolute Gasteiger partial charge is 0.223 e. The molecule has 96 valence electrons. The lowest BCUT2D eigenvalue weighted by Crippen LogP contribution is -2.33. The minimum Gasteiger partial charge on any atom is -0.355 e. The molecule has 2 nitrogen and oxygen atoms in total. The highest BCUT2D eigenvalue weighted by Crippen LogP contribution is 2.19. The van der Waals surface area contributed by atoms with Gasteiger partial charge in [-0.25, -0.2) is 0 Å². The molecule has 0 spiro atoms. The third-order valence-corrected chi connectivity index (χ3v) is 3.59. The standard InChI is InChI=1S/C16H21NO/c1-13(14-8-4-2-5-9-14)12-17-16(18)15-10-6-3-7-11-15/h2-6,8-9,13,15H,7,10-12H2,1H3,(H,17,18)/t13-,15-/m0/s1. The van der Waals surface area contributed by atoms with E-state index in [4.69, 9.17) is 0 Å². The molecule has 1 aliphatic rings. The van der Waals surface area contributed by atoms with Crippen LogP contribution in [0.1, 0.15) is 37.7 Å². The molecule has 0 aromatic heterocycles. The van der Waals surface area contributed by atoms with E-state index in [9.17, 15) is 4.79 Å². The van der Waals surface area contributed by atoms with Crippen LogP contribution in [0.4, 0.5) is 0 Å². The SMILES string of the molecule is C[C@@H](CNC(=O)[C@H]1CC=CCC1)c1ccccc1. The van der Waals surface area contributed by atoms with Gasteiger partial charge in [0.25, 0.3) is 0 Å². The highest BCUT2D eigenvalue weighted by atomic mass is 16.1. The molecule has 18 heavy (non-hydrogen) atoms. The van der Waals surface area contributed by atoms with Gasteiger partial charge >= 0.3 is 0 Å². The number of nitrogens with one attached hydrogen (secondary N) is 1. The van der Waals surface area contributed by atoms with Gasteiger partial charge in [0.1, 0.15) is 0 Å². The van der Waals surface area contributed by atoms with Gasteiger partial charge in [0.05, 0.1) is 0 Å². The van der Waals surface area contributed by atoms with Gasteiger partial charge in [-0.1, -0.05) is 49.4 Å². The van der Waals surface area contributed by atoms with Crippen molar-refractivity contribution in [3.63, 3.8) is 0 Å². The monoisotopic (exact) mass is 243 g/mol. The van der Waals surface area contributed by atoms with Crippen molar-refractivity contribution in [1.82, 2.24) is 5.32 Å². The van der Waals surface area contributed by atoms with Crippen molar-refractivity contribution in [2.45, 2.75) is 32.1 Å². The van der Waals surface area contributed by atoms with Crippen molar-refractivity contribution >= 4 is 5.91 Å². The zero-order valence-corrected chi connectivity index (χ0v) is 10.9. The Hall–Kier alpha value is -1.57. The quantitative estimate of drug-likeness (QED) is 0.808. The summed E-state index contributed by atoms with van der Waals surface area (Å²) in [4.78, 5) is 12.0. The van der Waals surface area contributed by atoms with Gasteiger partial charge in [-0.15, -0.1) is 0 Å². The lowest BCUT2D eigenvalue weighted by atomic mass is 9.93. The largest absolute Gasteiger partial charge is 0.355 e. The van der Waals surface area contributed by atoms with E-state index in [1.807, 2.05) is 18.2 Å². The first-order valence-corrected chi connectivity index (χ1v) is 6.75. The summed E-state index contributed by atoms with van der Waals surface area (Å²) in [6.45, 7) is 2.87. The molecule has 1 N–H and O–H groups in total. The van der Waals surface area contributed by atoms with E-state index in [0.29, 0.717) is 5.92 Å². The number of carbonyl (C=O) groups excluding carboxylic acids is 1. The molecule has 0 unspecified atom stereocenters. The third-order valence-electron chi connectivity index (χ3n) is 3.59. The van der Waals surface area contributed by atoms with Crippen LogP contribution < -0.4 is 5.32 Å². The molecule has 0 saturated heterocycles. The Morgan fingerprint density at radius 2 is 2.11 bits per heavy atom. The molecule has 0 radical (unpaired) electrons. The molecular weight excluding hydrogens is 222 g/mol. The van der Waals surface area contributed by atoms with Crippen molar-refractivity contribution in [2.75, 3.05) is 6.54 Å². The number of allylic oxidation sites excluding steroid dienone is 2. The van der Waals surface area contributed by atoms with Gasteiger partial charge in [0.15, 0.2) is 0 Å². The maximum absolute atomic E-state index is 12.0. The van der Waals surface area contributed by atoms with Crippen LogP contribution in [-0.2, 0) is 4.79 Å². The number of benzene rings is 1. The molecule has 1 aromatic rings. The summed E-state index contributed by atoms with van der Waals surface area (Å²) in [5, 5.41) is 3.08. The summed E-state index contributed by atoms with van der Waals surface area (Å²) in [7, 11) is 0. The molecule has 1 amide bonds. The first-order valence-electron chi connectivity index (χ1n) is 6.75. The normalized spacial score (nSPS) is 20.4. The van der Waals surface area contributed by atoms with Crippen LogP contribution in [0.25, 0.3) is 0 Å². The number of carbonyl (C=O) groups is 1. The zero-order chi connectivity index (χ0) is 12.8. The van der Waals surface area contributed by atoms with E-state index in [1.165, 1.54) is 5.56 Å². The lowest BCUT2D eigenvalue weighted by Gasteiger charge is -2.19. The van der Waals surface area contributed by atoms with Gasteiger partial charge in [-0.05, 0) is 30.7 Å². The maximum Gasteiger partial charge on any atom is 0.223 e. The van der Waals surface area contributed by atoms with Crippen LogP contribution in [-0.4, -0.2) is 12.5 Å². The lowest BCUT2D eigenvalue weighted by molar-refractivity contribution is -0.125. The van der Waals surface area contributed by atoms with Gasteiger partial charge in [0.2, 0.25) is 5.91 Å². The number of hydrogen-bond donors (Lipinski definition) is 1. The third kappa shape index (κ3) is 3.46. The minimum absolute atomic E-state index is 0.179. The van der Waals surface area contributed by atoms with E-state index in [0.717, 1.165) is 25.8 Å². The summed E-state index contributed by atoms with van der Waals surface area (Å²) < 4.78 is 0. The van der Waals surface area contributed by atoms with E-state index < -0.39 is 0 Å². The van der Waals surface area contributed by atoms with E-state index in [1.54, 1.807) is 0 Å². The number of rotatable bonds is 4. The summed E-state index contributed by atoms with van der Waals surface area (Å²) >= 11 is 0. The first-order chi connectivity index (χ1) is 8.77. The highest BCUT2D eigenvalue weighted by Gasteiger charge is 2.18. The van der Waals surface area contributed by atoms with Crippen LogP contribution >= 0.6 is 0 Å². The average molecular weight is 243 g/mol. The van der Waals surface area contributed by atoms with Crippen LogP contribution in [0.15, 0.2) is 42.5 Å². The molecule has 0 heterocycles. The summed E-state index contributed by atoms with van der Waals surface area (Å²) in [6, 6.07) is 10.3. The molecular formula is C16H21NO. The summed E-state index contributed by atoms with van der Waals surface area (Å²) in [5.41, 5.74) is 1.28. The van der Waals surface area contributed by atoms with Gasteiger partial charge in [0, 0.05) is 12.5 Å². The predicted molar refractivity (Wildman–Crippen MR) is 74.3 cm³/mol. The Bertz CT molecular complexity index is 410. The number of amides is 1. The Morgan fingerprint density at radius 1 is 1.33 bits per heavy atom. The van der Waals surface area contributed by atoms with E-state index >= 15 is 0 Å². The maximum atomic E-state index is 12.0. The highest BCUT2D eigenvalue weighted by molar-refractivity contribution is 5.79. The van der Waals surface area contributed by atoms with Crippen molar-refractivity contribution in [1.29, 1.82) is 0 Å². The number of hydrogen-bond acceptors (Lipinski definition) is 1. The van der Waals surface area contributed by atoms with Gasteiger partial charge in [-0.2, -0.15) is 0 Å². The zero-order valence-electron chi connectivity index (χ0n) is 10.9. The van der Waals surface area contributed by atoms with Crippen LogP contribution in [0.3, 0.4) is 0 Å². The van der Waals surface area contributed by atoms with Crippen LogP contribution in [0, 0.1) is 5.92 Å². The second-order valence-electron chi connectivity index (χ2n) is 5.04. The molecule has 2 heteroatoms. The Morgan fingerprint density at radius 3 is 2.78 bits per heavy atom. The first kappa shape index (κ1) is 12.9. The van der Waals surface area contributed by atoms with E-state index in [-0.39, 0.29) is 11.8 Å². The minimum atomic E-state index is 0.179. The van der Waals surface area contributed by atoms with Crippen LogP contribution in [0.5, 0.6) is 0 Å². The molecule has 2 atom stereocenters. The van der Waals surface area contributed by atoms with Gasteiger partial charge in [-0.3, -0.25) is 4.79 Å². The Kier molecular flexibility index (Phi) is 4.57. The summed E-state index contributed by atoms with van der Waals surface area (Å²) in [6.07, 6.45) is 7.20. The molecule has 0 fully saturated rings. The molecule has 0 saturated carbocycles. The van der Waals surface area contributed by atoms with Crippen molar-refractivity contribution in [3.05, 3.63) is 48.0 Å². The molecule has 1 aliphatic carbocycles. The Labute approximate surface area is 109 Å². The molecule has 0 aliphatic heterocycles. The second-order valence-corrected chi connectivity index (χ2v) is 5.04. The molecule has 1 aromatic carbocycles. The average Bonchev–Trinajstić information content (AvgIpc) is 2.46. The van der Waals surface area contributed by atoms with E-state index in [2.05, 4.69) is 36.5 Å². The second kappa shape index (κ2) is 6.39. The summed E-state index contributed by atoms with van der Waals surface area (Å²) in [5.74, 6) is 0.759. The topological polar surface area (TPSA) is 29.1 Å². The fourth-order valence-electron chi connectivity index (χ4n) is 2.33. The van der Waals surface area contributed by atoms with Crippen LogP contribution in [0.2, 0.25) is 0 Å². The fraction of sp³-hybridized carbons (Fsp3) is 0.438. The molecule has 2 rings (SSSR count). The van der Waals surface area contributed by atoms with Crippen molar-refractivity contribution < 1.29 is 4.79 Å².